The number of hydrogen-bond donors (Lipinski definition) is 2. The Morgan fingerprint density at radius 1 is 1.33 bits per heavy atom. The maximum atomic E-state index is 8.58. The molecule has 0 bridgehead atoms. The van der Waals surface area contributed by atoms with Crippen LogP contribution in [0.1, 0.15) is 30.7 Å². The van der Waals surface area contributed by atoms with Crippen molar-refractivity contribution >= 4 is 22.9 Å². The van der Waals surface area contributed by atoms with Crippen LogP contribution in [0, 0.1) is 0 Å². The molecule has 3 nitrogen and oxygen atoms in total. The molecule has 86 valence electrons. The summed E-state index contributed by atoms with van der Waals surface area (Å²) in [6, 6.07) is 0. The highest BCUT2D eigenvalue weighted by Gasteiger charge is 1.98. The highest BCUT2D eigenvalue weighted by molar-refractivity contribution is 7.15. The molecule has 1 heterocycles. The van der Waals surface area contributed by atoms with E-state index in [1.165, 1.54) is 17.8 Å². The zero-order valence-corrected chi connectivity index (χ0v) is 10.3. The van der Waals surface area contributed by atoms with Crippen molar-refractivity contribution < 1.29 is 5.11 Å². The first kappa shape index (κ1) is 12.9. The average Bonchev–Trinajstić information content (AvgIpc) is 2.63. The maximum absolute atomic E-state index is 8.58. The fraction of sp³-hybridized carbons (Fsp3) is 0.700. The lowest BCUT2D eigenvalue weighted by molar-refractivity contribution is 0.282. The molecule has 1 aromatic rings. The molecule has 0 aliphatic rings. The van der Waals surface area contributed by atoms with Crippen LogP contribution in [-0.4, -0.2) is 23.2 Å². The summed E-state index contributed by atoms with van der Waals surface area (Å²) < 4.78 is 0.745. The lowest BCUT2D eigenvalue weighted by Crippen LogP contribution is -2.14. The minimum Gasteiger partial charge on any atom is -0.396 e. The van der Waals surface area contributed by atoms with Crippen LogP contribution in [0.3, 0.4) is 0 Å². The van der Waals surface area contributed by atoms with E-state index in [-0.39, 0.29) is 0 Å². The largest absolute Gasteiger partial charge is 0.396 e. The Bertz CT molecular complexity index is 268. The first-order valence-corrected chi connectivity index (χ1v) is 6.44. The van der Waals surface area contributed by atoms with Crippen LogP contribution in [0.5, 0.6) is 0 Å². The summed E-state index contributed by atoms with van der Waals surface area (Å²) in [5, 5.41) is 12.9. The van der Waals surface area contributed by atoms with Gasteiger partial charge in [-0.3, -0.25) is 0 Å². The van der Waals surface area contributed by atoms with Crippen molar-refractivity contribution in [3.05, 3.63) is 15.5 Å². The van der Waals surface area contributed by atoms with Crippen LogP contribution in [-0.2, 0) is 6.54 Å². The van der Waals surface area contributed by atoms with Crippen LogP contribution in [0.25, 0.3) is 0 Å². The monoisotopic (exact) mass is 248 g/mol. The molecular formula is C10H17ClN2OS. The Morgan fingerprint density at radius 3 is 2.80 bits per heavy atom. The zero-order chi connectivity index (χ0) is 10.9. The first-order chi connectivity index (χ1) is 7.33. The second-order valence-corrected chi connectivity index (χ2v) is 5.12. The summed E-state index contributed by atoms with van der Waals surface area (Å²) in [5.41, 5.74) is 0. The number of unbranched alkanes of at least 4 members (excludes halogenated alkanes) is 3. The molecule has 0 saturated carbocycles. The van der Waals surface area contributed by atoms with Gasteiger partial charge in [0.1, 0.15) is 9.34 Å². The molecule has 15 heavy (non-hydrogen) atoms. The summed E-state index contributed by atoms with van der Waals surface area (Å²) in [6.07, 6.45) is 6.04. The van der Waals surface area contributed by atoms with Crippen LogP contribution in [0.4, 0.5) is 0 Å². The highest BCUT2D eigenvalue weighted by atomic mass is 35.5. The van der Waals surface area contributed by atoms with Crippen molar-refractivity contribution in [2.24, 2.45) is 0 Å². The number of aliphatic hydroxyl groups excluding tert-OH is 1. The van der Waals surface area contributed by atoms with E-state index in [0.29, 0.717) is 6.61 Å². The van der Waals surface area contributed by atoms with Crippen LogP contribution >= 0.6 is 22.9 Å². The number of halogens is 1. The minimum absolute atomic E-state index is 0.311. The van der Waals surface area contributed by atoms with E-state index in [4.69, 9.17) is 16.7 Å². The van der Waals surface area contributed by atoms with E-state index in [1.807, 2.05) is 0 Å². The predicted molar refractivity (Wildman–Crippen MR) is 64.4 cm³/mol. The number of thiazole rings is 1. The third-order valence-electron chi connectivity index (χ3n) is 2.06. The molecule has 0 unspecified atom stereocenters. The molecule has 0 spiro atoms. The SMILES string of the molecule is OCCCCCCNCc1ncc(Cl)s1. The number of aliphatic hydroxyl groups is 1. The fourth-order valence-corrected chi connectivity index (χ4v) is 2.21. The number of aromatic nitrogens is 1. The van der Waals surface area contributed by atoms with Crippen molar-refractivity contribution in [2.75, 3.05) is 13.2 Å². The molecule has 0 radical (unpaired) electrons. The molecule has 0 amide bonds. The molecule has 0 fully saturated rings. The molecule has 1 rings (SSSR count). The van der Waals surface area contributed by atoms with Gasteiger partial charge in [0.2, 0.25) is 0 Å². The lowest BCUT2D eigenvalue weighted by atomic mass is 10.2. The third-order valence-corrected chi connectivity index (χ3v) is 3.18. The summed E-state index contributed by atoms with van der Waals surface area (Å²) in [4.78, 5) is 4.15. The molecular weight excluding hydrogens is 232 g/mol. The van der Waals surface area contributed by atoms with Gasteiger partial charge in [-0.2, -0.15) is 0 Å². The second kappa shape index (κ2) is 8.05. The summed E-state index contributed by atoms with van der Waals surface area (Å²) in [6.45, 7) is 2.12. The molecule has 2 N–H and O–H groups in total. The van der Waals surface area contributed by atoms with Gasteiger partial charge in [0, 0.05) is 13.2 Å². The van der Waals surface area contributed by atoms with Gasteiger partial charge in [-0.25, -0.2) is 4.98 Å². The van der Waals surface area contributed by atoms with Crippen molar-refractivity contribution in [3.8, 4) is 0 Å². The predicted octanol–water partition coefficient (Wildman–Crippen LogP) is 2.44. The van der Waals surface area contributed by atoms with Crippen molar-refractivity contribution in [3.63, 3.8) is 0 Å². The fourth-order valence-electron chi connectivity index (χ4n) is 1.28. The second-order valence-electron chi connectivity index (χ2n) is 3.37. The van der Waals surface area contributed by atoms with E-state index in [9.17, 15) is 0 Å². The van der Waals surface area contributed by atoms with Gasteiger partial charge < -0.3 is 10.4 Å². The minimum atomic E-state index is 0.311. The lowest BCUT2D eigenvalue weighted by Gasteiger charge is -2.01. The zero-order valence-electron chi connectivity index (χ0n) is 8.71. The van der Waals surface area contributed by atoms with Gasteiger partial charge >= 0.3 is 0 Å². The number of nitrogens with zero attached hydrogens (tertiary/aromatic N) is 1. The van der Waals surface area contributed by atoms with Gasteiger partial charge in [-0.15, -0.1) is 11.3 Å². The average molecular weight is 249 g/mol. The molecule has 5 heteroatoms. The highest BCUT2D eigenvalue weighted by Crippen LogP contribution is 2.17. The molecule has 0 aromatic carbocycles. The summed E-state index contributed by atoms with van der Waals surface area (Å²) in [7, 11) is 0. The van der Waals surface area contributed by atoms with E-state index in [2.05, 4.69) is 10.3 Å². The van der Waals surface area contributed by atoms with Crippen LogP contribution < -0.4 is 5.32 Å². The van der Waals surface area contributed by atoms with Gasteiger partial charge in [0.05, 0.1) is 6.20 Å². The van der Waals surface area contributed by atoms with E-state index < -0.39 is 0 Å². The Kier molecular flexibility index (Phi) is 6.92. The Labute approximate surface area is 99.5 Å². The Balaban J connectivity index is 1.93. The Hall–Kier alpha value is -0.160. The smallest absolute Gasteiger partial charge is 0.113 e. The molecule has 0 aliphatic heterocycles. The number of rotatable bonds is 8. The van der Waals surface area contributed by atoms with Gasteiger partial charge in [0.15, 0.2) is 0 Å². The molecule has 0 atom stereocenters. The van der Waals surface area contributed by atoms with Crippen molar-refractivity contribution in [1.29, 1.82) is 0 Å². The quantitative estimate of drug-likeness (QED) is 0.695. The third kappa shape index (κ3) is 6.10. The standard InChI is InChI=1S/C10H17ClN2OS/c11-9-7-13-10(15-9)8-12-5-3-1-2-4-6-14/h7,12,14H,1-6,8H2. The van der Waals surface area contributed by atoms with Gasteiger partial charge in [-0.05, 0) is 19.4 Å². The number of nitrogens with one attached hydrogen (secondary N) is 1. The van der Waals surface area contributed by atoms with Gasteiger partial charge in [-0.1, -0.05) is 24.4 Å². The van der Waals surface area contributed by atoms with Crippen LogP contribution in [0.2, 0.25) is 4.34 Å². The molecule has 0 aliphatic carbocycles. The topological polar surface area (TPSA) is 45.1 Å². The summed E-state index contributed by atoms with van der Waals surface area (Å²) >= 11 is 7.28. The van der Waals surface area contributed by atoms with E-state index >= 15 is 0 Å². The number of hydrogen-bond acceptors (Lipinski definition) is 4. The molecule has 0 saturated heterocycles. The molecule has 1 aromatic heterocycles. The van der Waals surface area contributed by atoms with E-state index in [0.717, 1.165) is 41.7 Å². The maximum Gasteiger partial charge on any atom is 0.113 e. The summed E-state index contributed by atoms with van der Waals surface area (Å²) in [5.74, 6) is 0. The van der Waals surface area contributed by atoms with Crippen molar-refractivity contribution in [1.82, 2.24) is 10.3 Å². The van der Waals surface area contributed by atoms with Crippen molar-refractivity contribution in [2.45, 2.75) is 32.2 Å². The normalized spacial score (nSPS) is 10.8. The van der Waals surface area contributed by atoms with Gasteiger partial charge in [0.25, 0.3) is 0 Å². The van der Waals surface area contributed by atoms with E-state index in [1.54, 1.807) is 6.20 Å². The Morgan fingerprint density at radius 2 is 2.13 bits per heavy atom. The van der Waals surface area contributed by atoms with Crippen LogP contribution in [0.15, 0.2) is 6.20 Å². The first-order valence-electron chi connectivity index (χ1n) is 5.24.